The molecule has 0 spiro atoms. The van der Waals surface area contributed by atoms with Gasteiger partial charge in [-0.25, -0.2) is 8.42 Å². The molecule has 0 saturated carbocycles. The number of rotatable bonds is 6. The largest absolute Gasteiger partial charge is 0.480 e. The molecule has 0 saturated heterocycles. The van der Waals surface area contributed by atoms with Gasteiger partial charge in [0, 0.05) is 7.05 Å². The highest BCUT2D eigenvalue weighted by Gasteiger charge is 2.28. The van der Waals surface area contributed by atoms with E-state index in [-0.39, 0.29) is 18.0 Å². The smallest absolute Gasteiger partial charge is 0.323 e. The van der Waals surface area contributed by atoms with E-state index in [1.165, 1.54) is 13.1 Å². The molecule has 1 aromatic rings. The molecular weight excluding hydrogens is 284 g/mol. The maximum absolute atomic E-state index is 11.9. The van der Waals surface area contributed by atoms with Crippen LogP contribution in [0.15, 0.2) is 24.3 Å². The summed E-state index contributed by atoms with van der Waals surface area (Å²) in [6, 6.07) is 6.33. The van der Waals surface area contributed by atoms with Crippen LogP contribution in [0.3, 0.4) is 0 Å². The zero-order valence-electron chi connectivity index (χ0n) is 11.1. The maximum Gasteiger partial charge on any atom is 0.323 e. The fourth-order valence-corrected chi connectivity index (χ4v) is 2.36. The van der Waals surface area contributed by atoms with E-state index in [0.717, 1.165) is 6.92 Å². The van der Waals surface area contributed by atoms with Crippen molar-refractivity contribution in [1.82, 2.24) is 5.32 Å². The Morgan fingerprint density at radius 3 is 2.45 bits per heavy atom. The number of nitrogens with one attached hydrogen (secondary N) is 2. The molecule has 0 heterocycles. The second-order valence-corrected chi connectivity index (χ2v) is 6.14. The van der Waals surface area contributed by atoms with E-state index in [1.54, 1.807) is 18.2 Å². The van der Waals surface area contributed by atoms with Crippen molar-refractivity contribution in [2.75, 3.05) is 11.8 Å². The number of carboxylic acids is 1. The minimum absolute atomic E-state index is 0.00333. The third-order valence-corrected chi connectivity index (χ3v) is 4.35. The molecule has 0 aliphatic rings. The molecule has 1 amide bonds. The summed E-state index contributed by atoms with van der Waals surface area (Å²) in [6.45, 7) is 1.08. The first-order valence-electron chi connectivity index (χ1n) is 5.81. The Morgan fingerprint density at radius 1 is 1.30 bits per heavy atom. The van der Waals surface area contributed by atoms with E-state index in [9.17, 15) is 18.0 Å². The quantitative estimate of drug-likeness (QED) is 0.694. The van der Waals surface area contributed by atoms with Crippen molar-refractivity contribution in [3.63, 3.8) is 0 Å². The van der Waals surface area contributed by atoms with Crippen LogP contribution in [-0.4, -0.2) is 37.7 Å². The van der Waals surface area contributed by atoms with Crippen molar-refractivity contribution in [1.29, 1.82) is 0 Å². The van der Waals surface area contributed by atoms with Crippen molar-refractivity contribution in [2.45, 2.75) is 18.6 Å². The van der Waals surface area contributed by atoms with Gasteiger partial charge in [-0.2, -0.15) is 0 Å². The number of benzene rings is 1. The predicted octanol–water partition coefficient (Wildman–Crippen LogP) is 0.190. The standard InChI is InChI=1S/C12H16N2O5S/c1-8(12(16)17)20(18,19)14-10-6-4-3-5-9(10)7-11(15)13-2/h3-6,8,14H,7H2,1-2H3,(H,13,15)(H,16,17). The Balaban J connectivity index is 3.04. The van der Waals surface area contributed by atoms with E-state index in [1.807, 2.05) is 0 Å². The third kappa shape index (κ3) is 3.95. The van der Waals surface area contributed by atoms with Crippen LogP contribution < -0.4 is 10.0 Å². The molecule has 8 heteroatoms. The van der Waals surface area contributed by atoms with Gasteiger partial charge < -0.3 is 10.4 Å². The molecule has 0 aliphatic heterocycles. The van der Waals surface area contributed by atoms with E-state index < -0.39 is 21.2 Å². The molecule has 0 radical (unpaired) electrons. The summed E-state index contributed by atoms with van der Waals surface area (Å²) >= 11 is 0. The normalized spacial score (nSPS) is 12.5. The van der Waals surface area contributed by atoms with Crippen LogP contribution in [0.1, 0.15) is 12.5 Å². The number of anilines is 1. The zero-order valence-corrected chi connectivity index (χ0v) is 11.9. The van der Waals surface area contributed by atoms with E-state index in [0.29, 0.717) is 5.56 Å². The van der Waals surface area contributed by atoms with Crippen molar-refractivity contribution >= 4 is 27.6 Å². The topological polar surface area (TPSA) is 113 Å². The van der Waals surface area contributed by atoms with Crippen LogP contribution >= 0.6 is 0 Å². The lowest BCUT2D eigenvalue weighted by atomic mass is 10.1. The lowest BCUT2D eigenvalue weighted by Gasteiger charge is -2.14. The number of aliphatic carboxylic acids is 1. The fourth-order valence-electron chi connectivity index (χ4n) is 1.41. The van der Waals surface area contributed by atoms with Gasteiger partial charge in [-0.15, -0.1) is 0 Å². The number of hydrogen-bond acceptors (Lipinski definition) is 4. The molecule has 3 N–H and O–H groups in total. The Bertz CT molecular complexity index is 612. The lowest BCUT2D eigenvalue weighted by molar-refractivity contribution is -0.136. The highest BCUT2D eigenvalue weighted by Crippen LogP contribution is 2.18. The van der Waals surface area contributed by atoms with Gasteiger partial charge in [0.15, 0.2) is 5.25 Å². The number of para-hydroxylation sites is 1. The number of hydrogen-bond donors (Lipinski definition) is 3. The molecule has 1 unspecified atom stereocenters. The number of carboxylic acid groups (broad SMARTS) is 1. The monoisotopic (exact) mass is 300 g/mol. The fraction of sp³-hybridized carbons (Fsp3) is 0.333. The minimum Gasteiger partial charge on any atom is -0.480 e. The molecule has 0 fully saturated rings. The Hall–Kier alpha value is -2.09. The van der Waals surface area contributed by atoms with Gasteiger partial charge in [-0.3, -0.25) is 14.3 Å². The Kier molecular flexibility index (Phi) is 5.09. The maximum atomic E-state index is 11.9. The average Bonchev–Trinajstić information content (AvgIpc) is 2.39. The first-order chi connectivity index (χ1) is 9.27. The third-order valence-electron chi connectivity index (χ3n) is 2.71. The van der Waals surface area contributed by atoms with E-state index in [2.05, 4.69) is 10.0 Å². The summed E-state index contributed by atoms with van der Waals surface area (Å²) in [4.78, 5) is 22.1. The first-order valence-corrected chi connectivity index (χ1v) is 7.35. The number of amides is 1. The summed E-state index contributed by atoms with van der Waals surface area (Å²) < 4.78 is 25.9. The molecule has 20 heavy (non-hydrogen) atoms. The van der Waals surface area contributed by atoms with Crippen molar-refractivity contribution in [3.05, 3.63) is 29.8 Å². The lowest BCUT2D eigenvalue weighted by Crippen LogP contribution is -2.32. The summed E-state index contributed by atoms with van der Waals surface area (Å²) in [5, 5.41) is 9.61. The van der Waals surface area contributed by atoms with Crippen LogP contribution in [0.5, 0.6) is 0 Å². The van der Waals surface area contributed by atoms with Gasteiger partial charge in [0.05, 0.1) is 12.1 Å². The van der Waals surface area contributed by atoms with Gasteiger partial charge >= 0.3 is 5.97 Å². The molecule has 0 bridgehead atoms. The van der Waals surface area contributed by atoms with Gasteiger partial charge in [0.1, 0.15) is 0 Å². The highest BCUT2D eigenvalue weighted by molar-refractivity contribution is 7.94. The summed E-state index contributed by atoms with van der Waals surface area (Å²) in [5.41, 5.74) is 0.664. The molecule has 1 atom stereocenters. The van der Waals surface area contributed by atoms with Gasteiger partial charge in [0.25, 0.3) is 0 Å². The predicted molar refractivity (Wildman–Crippen MR) is 73.9 cm³/mol. The first kappa shape index (κ1) is 16.0. The molecule has 1 aromatic carbocycles. The van der Waals surface area contributed by atoms with Crippen LogP contribution in [0, 0.1) is 0 Å². The second-order valence-electron chi connectivity index (χ2n) is 4.13. The molecular formula is C12H16N2O5S. The van der Waals surface area contributed by atoms with Crippen molar-refractivity contribution < 1.29 is 23.1 Å². The van der Waals surface area contributed by atoms with E-state index >= 15 is 0 Å². The SMILES string of the molecule is CNC(=O)Cc1ccccc1NS(=O)(=O)C(C)C(=O)O. The summed E-state index contributed by atoms with van der Waals surface area (Å²) in [7, 11) is -2.59. The second kappa shape index (κ2) is 6.38. The number of sulfonamides is 1. The number of carbonyl (C=O) groups excluding carboxylic acids is 1. The zero-order chi connectivity index (χ0) is 15.3. The van der Waals surface area contributed by atoms with Crippen molar-refractivity contribution in [3.8, 4) is 0 Å². The molecule has 7 nitrogen and oxygen atoms in total. The van der Waals surface area contributed by atoms with Crippen LogP contribution in [0.2, 0.25) is 0 Å². The number of likely N-dealkylation sites (N-methyl/N-ethyl adjacent to an activating group) is 1. The molecule has 0 aromatic heterocycles. The van der Waals surface area contributed by atoms with Crippen LogP contribution in [0.25, 0.3) is 0 Å². The Labute approximate surface area is 117 Å². The van der Waals surface area contributed by atoms with Gasteiger partial charge in [-0.1, -0.05) is 18.2 Å². The highest BCUT2D eigenvalue weighted by atomic mass is 32.2. The Morgan fingerprint density at radius 2 is 1.90 bits per heavy atom. The summed E-state index contributed by atoms with van der Waals surface area (Å²) in [5.74, 6) is -1.72. The van der Waals surface area contributed by atoms with Gasteiger partial charge in [0.2, 0.25) is 15.9 Å². The minimum atomic E-state index is -4.06. The molecule has 0 aliphatic carbocycles. The van der Waals surface area contributed by atoms with Crippen molar-refractivity contribution in [2.24, 2.45) is 0 Å². The molecule has 110 valence electrons. The molecule has 1 rings (SSSR count). The van der Waals surface area contributed by atoms with Gasteiger partial charge in [-0.05, 0) is 18.6 Å². The number of carbonyl (C=O) groups is 2. The van der Waals surface area contributed by atoms with Crippen LogP contribution in [0.4, 0.5) is 5.69 Å². The summed E-state index contributed by atoms with van der Waals surface area (Å²) in [6.07, 6.45) is -0.00333. The average molecular weight is 300 g/mol. The van der Waals surface area contributed by atoms with E-state index in [4.69, 9.17) is 5.11 Å². The van der Waals surface area contributed by atoms with Crippen LogP contribution in [-0.2, 0) is 26.0 Å².